The summed E-state index contributed by atoms with van der Waals surface area (Å²) in [7, 11) is 1.67. The van der Waals surface area contributed by atoms with Gasteiger partial charge in [-0.3, -0.25) is 0 Å². The van der Waals surface area contributed by atoms with Gasteiger partial charge in [0.05, 0.1) is 7.11 Å². The molecular formula is C19H18O2. The topological polar surface area (TPSA) is 18.5 Å². The number of rotatable bonds is 4. The first-order valence-electron chi connectivity index (χ1n) is 7.02. The van der Waals surface area contributed by atoms with Gasteiger partial charge in [0.15, 0.2) is 11.5 Å². The molecule has 0 saturated heterocycles. The van der Waals surface area contributed by atoms with Gasteiger partial charge in [-0.1, -0.05) is 48.5 Å². The molecule has 0 spiro atoms. The minimum absolute atomic E-state index is 0.529. The van der Waals surface area contributed by atoms with Crippen LogP contribution in [0.4, 0.5) is 0 Å². The maximum absolute atomic E-state index is 5.95. The summed E-state index contributed by atoms with van der Waals surface area (Å²) in [6.07, 6.45) is 0. The van der Waals surface area contributed by atoms with Crippen LogP contribution in [0, 0.1) is 6.92 Å². The van der Waals surface area contributed by atoms with Crippen LogP contribution >= 0.6 is 0 Å². The van der Waals surface area contributed by atoms with E-state index in [4.69, 9.17) is 9.47 Å². The number of aryl methyl sites for hydroxylation is 1. The number of ether oxygens (including phenoxy) is 2. The molecule has 2 nitrogen and oxygen atoms in total. The first-order valence-corrected chi connectivity index (χ1v) is 7.02. The molecule has 0 bridgehead atoms. The lowest BCUT2D eigenvalue weighted by atomic mass is 10.1. The zero-order chi connectivity index (χ0) is 14.7. The van der Waals surface area contributed by atoms with Crippen LogP contribution in [0.3, 0.4) is 0 Å². The molecule has 3 rings (SSSR count). The molecular weight excluding hydrogens is 260 g/mol. The molecule has 0 saturated carbocycles. The lowest BCUT2D eigenvalue weighted by Gasteiger charge is -2.12. The minimum atomic E-state index is 0.529. The highest BCUT2D eigenvalue weighted by Crippen LogP contribution is 2.29. The first kappa shape index (κ1) is 13.5. The molecule has 3 aromatic carbocycles. The summed E-state index contributed by atoms with van der Waals surface area (Å²) in [5.74, 6) is 1.55. The van der Waals surface area contributed by atoms with E-state index >= 15 is 0 Å². The number of benzene rings is 3. The standard InChI is InChI=1S/C19H18O2/c1-14-10-11-18(19(12-14)20-2)21-13-16-8-5-7-15-6-3-4-9-17(15)16/h3-12H,13H2,1-2H3. The van der Waals surface area contributed by atoms with Gasteiger partial charge < -0.3 is 9.47 Å². The Balaban J connectivity index is 1.87. The van der Waals surface area contributed by atoms with Crippen LogP contribution in [0.1, 0.15) is 11.1 Å². The number of methoxy groups -OCH3 is 1. The highest BCUT2D eigenvalue weighted by atomic mass is 16.5. The SMILES string of the molecule is COc1cc(C)ccc1OCc1cccc2ccccc12. The molecule has 0 fully saturated rings. The van der Waals surface area contributed by atoms with Crippen LogP contribution in [0.5, 0.6) is 11.5 Å². The van der Waals surface area contributed by atoms with Crippen molar-refractivity contribution in [2.75, 3.05) is 7.11 Å². The van der Waals surface area contributed by atoms with E-state index in [9.17, 15) is 0 Å². The molecule has 0 N–H and O–H groups in total. The molecule has 0 aliphatic heterocycles. The van der Waals surface area contributed by atoms with Crippen molar-refractivity contribution >= 4 is 10.8 Å². The Morgan fingerprint density at radius 1 is 0.857 bits per heavy atom. The van der Waals surface area contributed by atoms with Gasteiger partial charge in [0.1, 0.15) is 6.61 Å². The van der Waals surface area contributed by atoms with Crippen LogP contribution in [-0.4, -0.2) is 7.11 Å². The average molecular weight is 278 g/mol. The molecule has 0 amide bonds. The zero-order valence-electron chi connectivity index (χ0n) is 12.3. The normalized spacial score (nSPS) is 10.6. The van der Waals surface area contributed by atoms with Gasteiger partial charge in [0.2, 0.25) is 0 Å². The predicted octanol–water partition coefficient (Wildman–Crippen LogP) is 4.74. The Morgan fingerprint density at radius 3 is 2.52 bits per heavy atom. The Hall–Kier alpha value is -2.48. The molecule has 0 unspecified atom stereocenters. The minimum Gasteiger partial charge on any atom is -0.493 e. The van der Waals surface area contributed by atoms with Crippen LogP contribution in [0.2, 0.25) is 0 Å². The fraction of sp³-hybridized carbons (Fsp3) is 0.158. The predicted molar refractivity (Wildman–Crippen MR) is 86.0 cm³/mol. The Morgan fingerprint density at radius 2 is 1.67 bits per heavy atom. The Labute approximate surface area is 124 Å². The number of hydrogen-bond donors (Lipinski definition) is 0. The third-order valence-electron chi connectivity index (χ3n) is 3.58. The summed E-state index contributed by atoms with van der Waals surface area (Å²) in [4.78, 5) is 0. The van der Waals surface area contributed by atoms with Gasteiger partial charge in [-0.25, -0.2) is 0 Å². The van der Waals surface area contributed by atoms with Crippen LogP contribution in [0.15, 0.2) is 60.7 Å². The molecule has 0 aromatic heterocycles. The van der Waals surface area contributed by atoms with Gasteiger partial charge >= 0.3 is 0 Å². The summed E-state index contributed by atoms with van der Waals surface area (Å²) < 4.78 is 11.3. The quantitative estimate of drug-likeness (QED) is 0.686. The summed E-state index contributed by atoms with van der Waals surface area (Å²) in [5, 5.41) is 2.46. The van der Waals surface area contributed by atoms with E-state index in [-0.39, 0.29) is 0 Å². The number of fused-ring (bicyclic) bond motifs is 1. The maximum atomic E-state index is 5.95. The van der Waals surface area contributed by atoms with Gasteiger partial charge in [-0.2, -0.15) is 0 Å². The van der Waals surface area contributed by atoms with Crippen LogP contribution < -0.4 is 9.47 Å². The second-order valence-electron chi connectivity index (χ2n) is 5.08. The molecule has 0 aliphatic rings. The molecule has 21 heavy (non-hydrogen) atoms. The third kappa shape index (κ3) is 2.84. The van der Waals surface area contributed by atoms with Crippen molar-refractivity contribution in [3.63, 3.8) is 0 Å². The first-order chi connectivity index (χ1) is 10.3. The van der Waals surface area contributed by atoms with E-state index in [0.29, 0.717) is 6.61 Å². The highest BCUT2D eigenvalue weighted by Gasteiger charge is 2.06. The summed E-state index contributed by atoms with van der Waals surface area (Å²) in [6.45, 7) is 2.57. The molecule has 0 atom stereocenters. The number of hydrogen-bond acceptors (Lipinski definition) is 2. The molecule has 0 aliphatic carbocycles. The van der Waals surface area contributed by atoms with Crippen molar-refractivity contribution in [3.05, 3.63) is 71.8 Å². The lowest BCUT2D eigenvalue weighted by Crippen LogP contribution is -1.98. The molecule has 2 heteroatoms. The van der Waals surface area contributed by atoms with Gasteiger partial charge in [-0.15, -0.1) is 0 Å². The van der Waals surface area contributed by atoms with E-state index in [2.05, 4.69) is 42.5 Å². The largest absolute Gasteiger partial charge is 0.493 e. The van der Waals surface area contributed by atoms with Crippen LogP contribution in [0.25, 0.3) is 10.8 Å². The summed E-state index contributed by atoms with van der Waals surface area (Å²) in [5.41, 5.74) is 2.33. The van der Waals surface area contributed by atoms with Crippen molar-refractivity contribution in [3.8, 4) is 11.5 Å². The second-order valence-corrected chi connectivity index (χ2v) is 5.08. The van der Waals surface area contributed by atoms with Gasteiger partial charge in [0.25, 0.3) is 0 Å². The van der Waals surface area contributed by atoms with Crippen molar-refractivity contribution in [1.82, 2.24) is 0 Å². The van der Waals surface area contributed by atoms with E-state index in [1.807, 2.05) is 25.1 Å². The van der Waals surface area contributed by atoms with Crippen molar-refractivity contribution in [2.45, 2.75) is 13.5 Å². The lowest BCUT2D eigenvalue weighted by molar-refractivity contribution is 0.285. The van der Waals surface area contributed by atoms with E-state index in [1.54, 1.807) is 7.11 Å². The second kappa shape index (κ2) is 5.88. The van der Waals surface area contributed by atoms with Gasteiger partial charge in [-0.05, 0) is 41.0 Å². The molecule has 0 radical (unpaired) electrons. The molecule has 0 heterocycles. The molecule has 106 valence electrons. The van der Waals surface area contributed by atoms with E-state index in [1.165, 1.54) is 16.3 Å². The average Bonchev–Trinajstić information content (AvgIpc) is 2.53. The Bertz CT molecular complexity index is 757. The van der Waals surface area contributed by atoms with E-state index in [0.717, 1.165) is 17.1 Å². The summed E-state index contributed by atoms with van der Waals surface area (Å²) in [6, 6.07) is 20.6. The molecule has 3 aromatic rings. The maximum Gasteiger partial charge on any atom is 0.161 e. The van der Waals surface area contributed by atoms with Crippen molar-refractivity contribution < 1.29 is 9.47 Å². The summed E-state index contributed by atoms with van der Waals surface area (Å²) >= 11 is 0. The fourth-order valence-electron chi connectivity index (χ4n) is 2.47. The zero-order valence-corrected chi connectivity index (χ0v) is 12.3. The fourth-order valence-corrected chi connectivity index (χ4v) is 2.47. The van der Waals surface area contributed by atoms with Crippen molar-refractivity contribution in [2.24, 2.45) is 0 Å². The Kier molecular flexibility index (Phi) is 3.78. The van der Waals surface area contributed by atoms with E-state index < -0.39 is 0 Å². The van der Waals surface area contributed by atoms with Gasteiger partial charge in [0, 0.05) is 0 Å². The highest BCUT2D eigenvalue weighted by molar-refractivity contribution is 5.85. The van der Waals surface area contributed by atoms with Crippen LogP contribution in [-0.2, 0) is 6.61 Å². The third-order valence-corrected chi connectivity index (χ3v) is 3.58. The smallest absolute Gasteiger partial charge is 0.161 e. The van der Waals surface area contributed by atoms with Crippen molar-refractivity contribution in [1.29, 1.82) is 0 Å². The monoisotopic (exact) mass is 278 g/mol.